The molecular weight excluding hydrogens is 272 g/mol. The maximum atomic E-state index is 12.0. The fourth-order valence-electron chi connectivity index (χ4n) is 2.62. The van der Waals surface area contributed by atoms with E-state index >= 15 is 0 Å². The van der Waals surface area contributed by atoms with Gasteiger partial charge in [-0.3, -0.25) is 0 Å². The molecule has 102 valence electrons. The molecule has 0 N–H and O–H groups in total. The fourth-order valence-corrected chi connectivity index (χ4v) is 2.86. The second-order valence-electron chi connectivity index (χ2n) is 5.43. The van der Waals surface area contributed by atoms with Crippen molar-refractivity contribution >= 4 is 33.3 Å². The van der Waals surface area contributed by atoms with Gasteiger partial charge in [0.2, 0.25) is 0 Å². The van der Waals surface area contributed by atoms with Crippen LogP contribution < -0.4 is 5.63 Å². The average Bonchev–Trinajstić information content (AvgIpc) is 2.42. The van der Waals surface area contributed by atoms with Crippen LogP contribution in [0.5, 0.6) is 0 Å². The van der Waals surface area contributed by atoms with Crippen molar-refractivity contribution in [3.63, 3.8) is 0 Å². The van der Waals surface area contributed by atoms with Crippen LogP contribution in [-0.4, -0.2) is 0 Å². The largest absolute Gasteiger partial charge is 0.422 e. The number of hydrogen-bond acceptors (Lipinski definition) is 2. The molecule has 3 heteroatoms. The maximum Gasteiger partial charge on any atom is 0.344 e. The van der Waals surface area contributed by atoms with E-state index in [9.17, 15) is 4.79 Å². The van der Waals surface area contributed by atoms with E-state index in [1.54, 1.807) is 18.2 Å². The molecule has 2 aromatic carbocycles. The quantitative estimate of drug-likeness (QED) is 0.500. The highest BCUT2D eigenvalue weighted by Crippen LogP contribution is 2.32. The summed E-state index contributed by atoms with van der Waals surface area (Å²) in [7, 11) is 0. The number of hydrogen-bond donors (Lipinski definition) is 0. The van der Waals surface area contributed by atoms with E-state index in [0.717, 1.165) is 27.8 Å². The summed E-state index contributed by atoms with van der Waals surface area (Å²) in [5.41, 5.74) is 1.36. The third-order valence-electron chi connectivity index (χ3n) is 3.45. The zero-order valence-corrected chi connectivity index (χ0v) is 12.2. The predicted molar refractivity (Wildman–Crippen MR) is 83.5 cm³/mol. The van der Waals surface area contributed by atoms with E-state index in [4.69, 9.17) is 16.0 Å². The van der Waals surface area contributed by atoms with E-state index in [-0.39, 0.29) is 5.63 Å². The molecule has 0 aliphatic rings. The zero-order valence-electron chi connectivity index (χ0n) is 11.4. The molecule has 0 aliphatic carbocycles. The van der Waals surface area contributed by atoms with Crippen LogP contribution in [0.15, 0.2) is 45.6 Å². The van der Waals surface area contributed by atoms with Crippen molar-refractivity contribution in [2.45, 2.75) is 20.3 Å². The summed E-state index contributed by atoms with van der Waals surface area (Å²) in [5.74, 6) is 0.476. The molecule has 20 heavy (non-hydrogen) atoms. The van der Waals surface area contributed by atoms with Crippen LogP contribution in [-0.2, 0) is 6.42 Å². The van der Waals surface area contributed by atoms with Gasteiger partial charge in [0.1, 0.15) is 5.58 Å². The molecule has 0 saturated carbocycles. The molecule has 0 atom stereocenters. The molecular formula is C17H15ClO2. The summed E-state index contributed by atoms with van der Waals surface area (Å²) < 4.78 is 5.44. The SMILES string of the molecule is CC(C)Cc1c(Cl)ccc2oc(=O)c3ccccc3c12. The second kappa shape index (κ2) is 4.95. The molecule has 0 bridgehead atoms. The van der Waals surface area contributed by atoms with Crippen molar-refractivity contribution in [2.75, 3.05) is 0 Å². The van der Waals surface area contributed by atoms with Crippen LogP contribution >= 0.6 is 11.6 Å². The summed E-state index contributed by atoms with van der Waals surface area (Å²) >= 11 is 6.37. The lowest BCUT2D eigenvalue weighted by Crippen LogP contribution is -2.03. The Bertz CT molecular complexity index is 847. The Morgan fingerprint density at radius 1 is 1.10 bits per heavy atom. The molecule has 0 amide bonds. The summed E-state index contributed by atoms with van der Waals surface area (Å²) in [6.45, 7) is 4.30. The molecule has 0 aliphatic heterocycles. The van der Waals surface area contributed by atoms with E-state index in [0.29, 0.717) is 16.9 Å². The highest BCUT2D eigenvalue weighted by atomic mass is 35.5. The molecule has 0 radical (unpaired) electrons. The minimum atomic E-state index is -0.300. The molecule has 3 aromatic rings. The Morgan fingerprint density at radius 2 is 1.80 bits per heavy atom. The van der Waals surface area contributed by atoms with Gasteiger partial charge in [-0.05, 0) is 36.1 Å². The van der Waals surface area contributed by atoms with Gasteiger partial charge in [-0.2, -0.15) is 0 Å². The summed E-state index contributed by atoms with van der Waals surface area (Å²) in [4.78, 5) is 12.0. The van der Waals surface area contributed by atoms with E-state index in [2.05, 4.69) is 13.8 Å². The minimum absolute atomic E-state index is 0.300. The smallest absolute Gasteiger partial charge is 0.344 e. The first kappa shape index (κ1) is 13.2. The topological polar surface area (TPSA) is 30.2 Å². The van der Waals surface area contributed by atoms with Crippen LogP contribution in [0.4, 0.5) is 0 Å². The summed E-state index contributed by atoms with van der Waals surface area (Å²) in [5, 5.41) is 3.20. The standard InChI is InChI=1S/C17H15ClO2/c1-10(2)9-13-14(18)7-8-15-16(13)11-5-3-4-6-12(11)17(19)20-15/h3-8,10H,9H2,1-2H3. The lowest BCUT2D eigenvalue weighted by molar-refractivity contribution is 0.568. The lowest BCUT2D eigenvalue weighted by atomic mass is 9.96. The summed E-state index contributed by atoms with van der Waals surface area (Å²) in [6.07, 6.45) is 0.855. The van der Waals surface area contributed by atoms with Gasteiger partial charge in [-0.25, -0.2) is 4.79 Å². The Balaban J connectivity index is 2.52. The molecule has 1 heterocycles. The molecule has 3 rings (SSSR count). The fraction of sp³-hybridized carbons (Fsp3) is 0.235. The van der Waals surface area contributed by atoms with Gasteiger partial charge in [0.25, 0.3) is 0 Å². The third kappa shape index (κ3) is 2.10. The lowest BCUT2D eigenvalue weighted by Gasteiger charge is -2.12. The van der Waals surface area contributed by atoms with Gasteiger partial charge in [0, 0.05) is 15.8 Å². The molecule has 1 aromatic heterocycles. The third-order valence-corrected chi connectivity index (χ3v) is 3.80. The Morgan fingerprint density at radius 3 is 2.50 bits per heavy atom. The van der Waals surface area contributed by atoms with Crippen LogP contribution in [0.1, 0.15) is 19.4 Å². The minimum Gasteiger partial charge on any atom is -0.422 e. The molecule has 0 unspecified atom stereocenters. The van der Waals surface area contributed by atoms with Crippen molar-refractivity contribution in [1.29, 1.82) is 0 Å². The highest BCUT2D eigenvalue weighted by Gasteiger charge is 2.14. The molecule has 0 spiro atoms. The van der Waals surface area contributed by atoms with Crippen molar-refractivity contribution in [3.05, 3.63) is 57.4 Å². The van der Waals surface area contributed by atoms with Gasteiger partial charge in [0.05, 0.1) is 5.39 Å². The van der Waals surface area contributed by atoms with Gasteiger partial charge in [0.15, 0.2) is 0 Å². The average molecular weight is 287 g/mol. The summed E-state index contributed by atoms with van der Waals surface area (Å²) in [6, 6.07) is 11.1. The highest BCUT2D eigenvalue weighted by molar-refractivity contribution is 6.32. The van der Waals surface area contributed by atoms with Crippen LogP contribution in [0.2, 0.25) is 5.02 Å². The van der Waals surface area contributed by atoms with E-state index in [1.165, 1.54) is 0 Å². The van der Waals surface area contributed by atoms with Gasteiger partial charge < -0.3 is 4.42 Å². The van der Waals surface area contributed by atoms with E-state index < -0.39 is 0 Å². The number of fused-ring (bicyclic) bond motifs is 3. The van der Waals surface area contributed by atoms with Gasteiger partial charge >= 0.3 is 5.63 Å². The monoisotopic (exact) mass is 286 g/mol. The second-order valence-corrected chi connectivity index (χ2v) is 5.84. The molecule has 2 nitrogen and oxygen atoms in total. The van der Waals surface area contributed by atoms with Gasteiger partial charge in [-0.1, -0.05) is 43.6 Å². The van der Waals surface area contributed by atoms with Gasteiger partial charge in [-0.15, -0.1) is 0 Å². The van der Waals surface area contributed by atoms with Crippen LogP contribution in [0.25, 0.3) is 21.7 Å². The normalized spacial score (nSPS) is 11.6. The Labute approximate surface area is 122 Å². The predicted octanol–water partition coefficient (Wildman–Crippen LogP) is 4.80. The van der Waals surface area contributed by atoms with Crippen molar-refractivity contribution < 1.29 is 4.42 Å². The molecule has 0 fully saturated rings. The van der Waals surface area contributed by atoms with E-state index in [1.807, 2.05) is 18.2 Å². The number of rotatable bonds is 2. The van der Waals surface area contributed by atoms with Crippen molar-refractivity contribution in [3.8, 4) is 0 Å². The maximum absolute atomic E-state index is 12.0. The first-order chi connectivity index (χ1) is 9.58. The molecule has 0 saturated heterocycles. The Kier molecular flexibility index (Phi) is 3.27. The van der Waals surface area contributed by atoms with Crippen LogP contribution in [0, 0.1) is 5.92 Å². The Hall–Kier alpha value is -1.80. The van der Waals surface area contributed by atoms with Crippen molar-refractivity contribution in [1.82, 2.24) is 0 Å². The number of halogens is 1. The first-order valence-electron chi connectivity index (χ1n) is 6.71. The zero-order chi connectivity index (χ0) is 14.3. The van der Waals surface area contributed by atoms with Crippen LogP contribution in [0.3, 0.4) is 0 Å². The number of benzene rings is 2. The van der Waals surface area contributed by atoms with Crippen molar-refractivity contribution in [2.24, 2.45) is 5.92 Å². The first-order valence-corrected chi connectivity index (χ1v) is 7.08.